The summed E-state index contributed by atoms with van der Waals surface area (Å²) >= 11 is 0. The molecule has 3 aromatic carbocycles. The lowest BCUT2D eigenvalue weighted by molar-refractivity contribution is 0.369. The van der Waals surface area contributed by atoms with Crippen LogP contribution < -0.4 is 0 Å². The van der Waals surface area contributed by atoms with Crippen LogP contribution in [0.15, 0.2) is 60.7 Å². The van der Waals surface area contributed by atoms with E-state index in [1.807, 2.05) is 36.4 Å². The maximum atomic E-state index is 14.8. The van der Waals surface area contributed by atoms with Gasteiger partial charge in [0.15, 0.2) is 11.6 Å². The molecule has 0 radical (unpaired) electrons. The number of allylic oxidation sites excluding steroid dienone is 1. The van der Waals surface area contributed by atoms with Gasteiger partial charge in [0.25, 0.3) is 0 Å². The van der Waals surface area contributed by atoms with Crippen LogP contribution >= 0.6 is 0 Å². The molecule has 0 aromatic heterocycles. The SMILES string of the molecule is CCCCc1ccc(C2CCC(C=Cc3ccc(-c4ccc(CC)cc4)c(F)c3F)CC2)c(F)c1. The van der Waals surface area contributed by atoms with E-state index in [4.69, 9.17) is 0 Å². The van der Waals surface area contributed by atoms with Crippen LogP contribution in [0.2, 0.25) is 0 Å². The van der Waals surface area contributed by atoms with Crippen LogP contribution in [-0.4, -0.2) is 0 Å². The Balaban J connectivity index is 1.38. The lowest BCUT2D eigenvalue weighted by Crippen LogP contribution is -2.13. The van der Waals surface area contributed by atoms with Crippen LogP contribution in [0.25, 0.3) is 17.2 Å². The molecule has 0 saturated heterocycles. The molecule has 0 bridgehead atoms. The summed E-state index contributed by atoms with van der Waals surface area (Å²) in [6, 6.07) is 16.6. The van der Waals surface area contributed by atoms with E-state index in [0.717, 1.165) is 68.1 Å². The quantitative estimate of drug-likeness (QED) is 0.303. The van der Waals surface area contributed by atoms with Crippen LogP contribution in [0.5, 0.6) is 0 Å². The minimum atomic E-state index is -0.808. The zero-order valence-electron chi connectivity index (χ0n) is 20.8. The molecule has 0 unspecified atom stereocenters. The fourth-order valence-electron chi connectivity index (χ4n) is 5.14. The molecule has 4 rings (SSSR count). The minimum Gasteiger partial charge on any atom is -0.207 e. The van der Waals surface area contributed by atoms with Crippen molar-refractivity contribution < 1.29 is 13.2 Å². The summed E-state index contributed by atoms with van der Waals surface area (Å²) in [4.78, 5) is 0. The van der Waals surface area contributed by atoms with Crippen LogP contribution in [0.3, 0.4) is 0 Å². The highest BCUT2D eigenvalue weighted by atomic mass is 19.2. The van der Waals surface area contributed by atoms with Crippen molar-refractivity contribution in [2.45, 2.75) is 71.1 Å². The Kier molecular flexibility index (Phi) is 8.49. The monoisotopic (exact) mass is 476 g/mol. The van der Waals surface area contributed by atoms with Crippen molar-refractivity contribution in [2.75, 3.05) is 0 Å². The van der Waals surface area contributed by atoms with Crippen molar-refractivity contribution in [1.82, 2.24) is 0 Å². The summed E-state index contributed by atoms with van der Waals surface area (Å²) < 4.78 is 44.4. The van der Waals surface area contributed by atoms with E-state index in [2.05, 4.69) is 19.9 Å². The van der Waals surface area contributed by atoms with Gasteiger partial charge < -0.3 is 0 Å². The van der Waals surface area contributed by atoms with Crippen LogP contribution in [0, 0.1) is 23.4 Å². The van der Waals surface area contributed by atoms with Gasteiger partial charge in [-0.3, -0.25) is 0 Å². The Morgan fingerprint density at radius 2 is 1.51 bits per heavy atom. The topological polar surface area (TPSA) is 0 Å². The summed E-state index contributed by atoms with van der Waals surface area (Å²) in [5.41, 5.74) is 4.29. The lowest BCUT2D eigenvalue weighted by Gasteiger charge is -2.27. The summed E-state index contributed by atoms with van der Waals surface area (Å²) in [5.74, 6) is -1.18. The van der Waals surface area contributed by atoms with Crippen LogP contribution in [0.4, 0.5) is 13.2 Å². The average molecular weight is 477 g/mol. The molecular formula is C32H35F3. The van der Waals surface area contributed by atoms with E-state index in [1.165, 1.54) is 0 Å². The second kappa shape index (κ2) is 11.7. The van der Waals surface area contributed by atoms with Gasteiger partial charge in [0.05, 0.1) is 0 Å². The predicted octanol–water partition coefficient (Wildman–Crippen LogP) is 9.66. The zero-order valence-corrected chi connectivity index (χ0v) is 20.8. The Morgan fingerprint density at radius 1 is 0.800 bits per heavy atom. The van der Waals surface area contributed by atoms with E-state index in [-0.39, 0.29) is 22.9 Å². The van der Waals surface area contributed by atoms with E-state index >= 15 is 0 Å². The average Bonchev–Trinajstić information content (AvgIpc) is 2.89. The maximum Gasteiger partial charge on any atom is 0.167 e. The van der Waals surface area contributed by atoms with Gasteiger partial charge in [-0.25, -0.2) is 13.2 Å². The molecule has 184 valence electrons. The molecule has 3 heteroatoms. The molecular weight excluding hydrogens is 441 g/mol. The number of benzene rings is 3. The van der Waals surface area contributed by atoms with Gasteiger partial charge in [0, 0.05) is 11.1 Å². The molecule has 3 aromatic rings. The first-order valence-corrected chi connectivity index (χ1v) is 13.0. The minimum absolute atomic E-state index is 0.0837. The third-order valence-electron chi connectivity index (χ3n) is 7.43. The van der Waals surface area contributed by atoms with Gasteiger partial charge in [-0.15, -0.1) is 0 Å². The molecule has 0 N–H and O–H groups in total. The molecule has 0 amide bonds. The number of halogens is 3. The van der Waals surface area contributed by atoms with Crippen molar-refractivity contribution in [2.24, 2.45) is 5.92 Å². The van der Waals surface area contributed by atoms with Gasteiger partial charge in [-0.2, -0.15) is 0 Å². The number of rotatable bonds is 8. The third-order valence-corrected chi connectivity index (χ3v) is 7.43. The number of aryl methyl sites for hydroxylation is 2. The smallest absolute Gasteiger partial charge is 0.167 e. The molecule has 1 aliphatic carbocycles. The van der Waals surface area contributed by atoms with Crippen LogP contribution in [0.1, 0.15) is 80.5 Å². The van der Waals surface area contributed by atoms with Gasteiger partial charge in [0.2, 0.25) is 0 Å². The molecule has 1 aliphatic rings. The largest absolute Gasteiger partial charge is 0.207 e. The maximum absolute atomic E-state index is 14.8. The number of unbranched alkanes of at least 4 members (excludes halogenated alkanes) is 1. The van der Waals surface area contributed by atoms with E-state index in [0.29, 0.717) is 11.5 Å². The first-order chi connectivity index (χ1) is 17.0. The second-order valence-electron chi connectivity index (χ2n) is 9.81. The molecule has 0 spiro atoms. The van der Waals surface area contributed by atoms with Crippen molar-refractivity contribution in [3.63, 3.8) is 0 Å². The van der Waals surface area contributed by atoms with Gasteiger partial charge in [-0.1, -0.05) is 81.0 Å². The Labute approximate surface area is 207 Å². The van der Waals surface area contributed by atoms with E-state index in [1.54, 1.807) is 24.3 Å². The standard InChI is InChI=1S/C32H35F3/c1-3-5-6-24-12-19-28(30(33)21-24)25-15-9-23(10-16-25)11-17-27-18-20-29(32(35)31(27)34)26-13-7-22(4-2)8-14-26/h7-8,11-14,17-21,23,25H,3-6,9-10,15-16H2,1-2H3. The van der Waals surface area contributed by atoms with Gasteiger partial charge in [-0.05, 0) is 85.1 Å². The van der Waals surface area contributed by atoms with Crippen molar-refractivity contribution in [3.8, 4) is 11.1 Å². The fourth-order valence-corrected chi connectivity index (χ4v) is 5.14. The first kappa shape index (κ1) is 25.3. The fraction of sp³-hybridized carbons (Fsp3) is 0.375. The lowest BCUT2D eigenvalue weighted by atomic mass is 9.78. The predicted molar refractivity (Wildman–Crippen MR) is 140 cm³/mol. The zero-order chi connectivity index (χ0) is 24.8. The summed E-state index contributed by atoms with van der Waals surface area (Å²) in [5, 5.41) is 0. The molecule has 1 saturated carbocycles. The van der Waals surface area contributed by atoms with Gasteiger partial charge in [0.1, 0.15) is 5.82 Å². The summed E-state index contributed by atoms with van der Waals surface area (Å²) in [6.45, 7) is 4.21. The Bertz CT molecular complexity index is 1150. The number of hydrogen-bond acceptors (Lipinski definition) is 0. The summed E-state index contributed by atoms with van der Waals surface area (Å²) in [6.07, 6.45) is 11.4. The summed E-state index contributed by atoms with van der Waals surface area (Å²) in [7, 11) is 0. The van der Waals surface area contributed by atoms with Crippen molar-refractivity contribution in [3.05, 3.63) is 100 Å². The van der Waals surface area contributed by atoms with E-state index < -0.39 is 11.6 Å². The Morgan fingerprint density at radius 3 is 2.17 bits per heavy atom. The van der Waals surface area contributed by atoms with Gasteiger partial charge >= 0.3 is 0 Å². The third kappa shape index (κ3) is 6.07. The van der Waals surface area contributed by atoms with Crippen molar-refractivity contribution >= 4 is 6.08 Å². The molecule has 0 nitrogen and oxygen atoms in total. The normalized spacial score (nSPS) is 18.3. The molecule has 0 aliphatic heterocycles. The molecule has 0 heterocycles. The number of hydrogen-bond donors (Lipinski definition) is 0. The van der Waals surface area contributed by atoms with Crippen molar-refractivity contribution in [1.29, 1.82) is 0 Å². The molecule has 35 heavy (non-hydrogen) atoms. The molecule has 1 fully saturated rings. The second-order valence-corrected chi connectivity index (χ2v) is 9.81. The highest BCUT2D eigenvalue weighted by Crippen LogP contribution is 2.38. The van der Waals surface area contributed by atoms with E-state index in [9.17, 15) is 13.2 Å². The van der Waals surface area contributed by atoms with Crippen LogP contribution in [-0.2, 0) is 12.8 Å². The highest BCUT2D eigenvalue weighted by molar-refractivity contribution is 5.67. The first-order valence-electron chi connectivity index (χ1n) is 13.0. The molecule has 0 atom stereocenters. The Hall–Kier alpha value is -2.81. The highest BCUT2D eigenvalue weighted by Gasteiger charge is 2.23.